The van der Waals surface area contributed by atoms with Gasteiger partial charge in [-0.05, 0) is 18.2 Å². The van der Waals surface area contributed by atoms with Crippen LogP contribution >= 0.6 is 11.6 Å². The molecule has 1 aromatic carbocycles. The van der Waals surface area contributed by atoms with Crippen molar-refractivity contribution in [2.75, 3.05) is 11.9 Å². The molecular weight excluding hydrogens is 262 g/mol. The van der Waals surface area contributed by atoms with Gasteiger partial charge in [-0.3, -0.25) is 0 Å². The molecule has 5 heteroatoms. The number of nitrogens with zero attached hydrogens (tertiary/aromatic N) is 2. The van der Waals surface area contributed by atoms with Gasteiger partial charge in [0.05, 0.1) is 6.10 Å². The Morgan fingerprint density at radius 1 is 1.26 bits per heavy atom. The summed E-state index contributed by atoms with van der Waals surface area (Å²) in [7, 11) is 0. The van der Waals surface area contributed by atoms with Crippen molar-refractivity contribution in [3.05, 3.63) is 58.7 Å². The second kappa shape index (κ2) is 6.19. The summed E-state index contributed by atoms with van der Waals surface area (Å²) in [6, 6.07) is 14.2. The molecule has 0 spiro atoms. The molecule has 0 fully saturated rings. The summed E-state index contributed by atoms with van der Waals surface area (Å²) in [5.41, 5.74) is 0.991. The van der Waals surface area contributed by atoms with Crippen molar-refractivity contribution in [1.29, 1.82) is 5.26 Å². The van der Waals surface area contributed by atoms with Crippen molar-refractivity contribution in [3.8, 4) is 6.07 Å². The monoisotopic (exact) mass is 273 g/mol. The van der Waals surface area contributed by atoms with E-state index in [2.05, 4.69) is 10.3 Å². The second-order valence-electron chi connectivity index (χ2n) is 3.94. The van der Waals surface area contributed by atoms with Crippen molar-refractivity contribution in [1.82, 2.24) is 4.98 Å². The van der Waals surface area contributed by atoms with Crippen LogP contribution in [0.1, 0.15) is 17.4 Å². The first kappa shape index (κ1) is 13.3. The third kappa shape index (κ3) is 3.44. The van der Waals surface area contributed by atoms with Crippen molar-refractivity contribution in [3.63, 3.8) is 0 Å². The van der Waals surface area contributed by atoms with Crippen molar-refractivity contribution in [2.45, 2.75) is 6.10 Å². The van der Waals surface area contributed by atoms with Crippen LogP contribution in [0.15, 0.2) is 42.5 Å². The zero-order valence-corrected chi connectivity index (χ0v) is 10.8. The van der Waals surface area contributed by atoms with Gasteiger partial charge in [-0.15, -0.1) is 0 Å². The summed E-state index contributed by atoms with van der Waals surface area (Å²) in [6.07, 6.45) is -0.735. The maximum atomic E-state index is 10.0. The fourth-order valence-electron chi connectivity index (χ4n) is 1.65. The largest absolute Gasteiger partial charge is 0.387 e. The van der Waals surface area contributed by atoms with Crippen molar-refractivity contribution in [2.24, 2.45) is 0 Å². The summed E-state index contributed by atoms with van der Waals surface area (Å²) in [4.78, 5) is 4.06. The third-order valence-electron chi connectivity index (χ3n) is 2.60. The molecular formula is C14H12ClN3O. The van der Waals surface area contributed by atoms with E-state index in [9.17, 15) is 5.11 Å². The minimum atomic E-state index is -0.735. The fourth-order valence-corrected chi connectivity index (χ4v) is 1.91. The number of halogens is 1. The van der Waals surface area contributed by atoms with Gasteiger partial charge >= 0.3 is 0 Å². The molecule has 0 aliphatic heterocycles. The summed E-state index contributed by atoms with van der Waals surface area (Å²) < 4.78 is 0. The Morgan fingerprint density at radius 2 is 2.05 bits per heavy atom. The molecule has 2 rings (SSSR count). The van der Waals surface area contributed by atoms with Crippen LogP contribution in [0.25, 0.3) is 0 Å². The standard InChI is InChI=1S/C14H12ClN3O/c15-12-6-2-1-5-11(12)13(19)9-17-14-7-3-4-10(8-16)18-14/h1-7,13,19H,9H2,(H,17,18). The Hall–Kier alpha value is -2.09. The van der Waals surface area contributed by atoms with Gasteiger partial charge in [0.25, 0.3) is 0 Å². The van der Waals surface area contributed by atoms with E-state index in [1.54, 1.807) is 30.3 Å². The lowest BCUT2D eigenvalue weighted by Gasteiger charge is -2.14. The van der Waals surface area contributed by atoms with E-state index in [0.29, 0.717) is 22.1 Å². The molecule has 4 nitrogen and oxygen atoms in total. The normalized spacial score (nSPS) is 11.6. The molecule has 2 aromatic rings. The Bertz CT molecular complexity index is 610. The van der Waals surface area contributed by atoms with Crippen molar-refractivity contribution >= 4 is 17.4 Å². The number of hydrogen-bond donors (Lipinski definition) is 2. The average Bonchev–Trinajstić information content (AvgIpc) is 2.45. The molecule has 1 unspecified atom stereocenters. The van der Waals surface area contributed by atoms with Crippen LogP contribution in [0.4, 0.5) is 5.82 Å². The van der Waals surface area contributed by atoms with Crippen LogP contribution in [-0.4, -0.2) is 16.6 Å². The fraction of sp³-hybridized carbons (Fsp3) is 0.143. The van der Waals surface area contributed by atoms with Gasteiger partial charge < -0.3 is 10.4 Å². The van der Waals surface area contributed by atoms with E-state index in [0.717, 1.165) is 0 Å². The molecule has 2 N–H and O–H groups in total. The molecule has 0 aliphatic rings. The highest BCUT2D eigenvalue weighted by Crippen LogP contribution is 2.22. The maximum Gasteiger partial charge on any atom is 0.142 e. The molecule has 0 radical (unpaired) electrons. The molecule has 1 atom stereocenters. The van der Waals surface area contributed by atoms with E-state index in [4.69, 9.17) is 16.9 Å². The van der Waals surface area contributed by atoms with E-state index in [1.807, 2.05) is 18.2 Å². The minimum Gasteiger partial charge on any atom is -0.387 e. The van der Waals surface area contributed by atoms with Crippen LogP contribution in [0, 0.1) is 11.3 Å². The predicted octanol–water partition coefficient (Wildman–Crippen LogP) is 2.75. The highest BCUT2D eigenvalue weighted by atomic mass is 35.5. The van der Waals surface area contributed by atoms with Gasteiger partial charge in [0.1, 0.15) is 17.6 Å². The summed E-state index contributed by atoms with van der Waals surface area (Å²) >= 11 is 6.00. The number of benzene rings is 1. The van der Waals surface area contributed by atoms with Crippen LogP contribution in [0.3, 0.4) is 0 Å². The lowest BCUT2D eigenvalue weighted by Crippen LogP contribution is -2.13. The Kier molecular flexibility index (Phi) is 4.35. The smallest absolute Gasteiger partial charge is 0.142 e. The lowest BCUT2D eigenvalue weighted by molar-refractivity contribution is 0.191. The summed E-state index contributed by atoms with van der Waals surface area (Å²) in [5.74, 6) is 0.546. The quantitative estimate of drug-likeness (QED) is 0.899. The van der Waals surface area contributed by atoms with Crippen molar-refractivity contribution < 1.29 is 5.11 Å². The van der Waals surface area contributed by atoms with Crippen LogP contribution in [0.2, 0.25) is 5.02 Å². The number of aliphatic hydroxyl groups is 1. The van der Waals surface area contributed by atoms with E-state index in [1.165, 1.54) is 0 Å². The van der Waals surface area contributed by atoms with Gasteiger partial charge in [-0.1, -0.05) is 35.9 Å². The zero-order valence-electron chi connectivity index (χ0n) is 10.0. The number of hydrogen-bond acceptors (Lipinski definition) is 4. The molecule has 1 heterocycles. The van der Waals surface area contributed by atoms with E-state index in [-0.39, 0.29) is 6.54 Å². The molecule has 0 aliphatic carbocycles. The number of aromatic nitrogens is 1. The minimum absolute atomic E-state index is 0.269. The Labute approximate surface area is 116 Å². The second-order valence-corrected chi connectivity index (χ2v) is 4.35. The molecule has 0 amide bonds. The van der Waals surface area contributed by atoms with E-state index < -0.39 is 6.10 Å². The SMILES string of the molecule is N#Cc1cccc(NCC(O)c2ccccc2Cl)n1. The van der Waals surface area contributed by atoms with Gasteiger partial charge in [-0.25, -0.2) is 4.98 Å². The van der Waals surface area contributed by atoms with Gasteiger partial charge in [0.15, 0.2) is 0 Å². The Morgan fingerprint density at radius 3 is 2.79 bits per heavy atom. The zero-order chi connectivity index (χ0) is 13.7. The maximum absolute atomic E-state index is 10.0. The first-order valence-electron chi connectivity index (χ1n) is 5.74. The molecule has 0 saturated carbocycles. The molecule has 19 heavy (non-hydrogen) atoms. The number of aliphatic hydroxyl groups excluding tert-OH is 1. The molecule has 96 valence electrons. The summed E-state index contributed by atoms with van der Waals surface area (Å²) in [6.45, 7) is 0.269. The van der Waals surface area contributed by atoms with Crippen LogP contribution in [-0.2, 0) is 0 Å². The number of anilines is 1. The summed E-state index contributed by atoms with van der Waals surface area (Å²) in [5, 5.41) is 22.3. The first-order valence-corrected chi connectivity index (χ1v) is 6.12. The van der Waals surface area contributed by atoms with Gasteiger partial charge in [-0.2, -0.15) is 5.26 Å². The molecule has 0 bridgehead atoms. The molecule has 0 saturated heterocycles. The number of nitriles is 1. The highest BCUT2D eigenvalue weighted by molar-refractivity contribution is 6.31. The number of pyridine rings is 1. The molecule has 1 aromatic heterocycles. The average molecular weight is 274 g/mol. The predicted molar refractivity (Wildman–Crippen MR) is 73.9 cm³/mol. The van der Waals surface area contributed by atoms with Gasteiger partial charge in [0, 0.05) is 17.1 Å². The van der Waals surface area contributed by atoms with Crippen LogP contribution < -0.4 is 5.32 Å². The topological polar surface area (TPSA) is 68.9 Å². The van der Waals surface area contributed by atoms with Crippen LogP contribution in [0.5, 0.6) is 0 Å². The Balaban J connectivity index is 2.03. The van der Waals surface area contributed by atoms with E-state index >= 15 is 0 Å². The third-order valence-corrected chi connectivity index (χ3v) is 2.95. The number of rotatable bonds is 4. The lowest BCUT2D eigenvalue weighted by atomic mass is 10.1. The first-order chi connectivity index (χ1) is 9.20. The van der Waals surface area contributed by atoms with Gasteiger partial charge in [0.2, 0.25) is 0 Å². The number of nitrogens with one attached hydrogen (secondary N) is 1. The highest BCUT2D eigenvalue weighted by Gasteiger charge is 2.10.